The molecule has 1 aliphatic heterocycles. The number of carbonyl (C=O) groups excluding carboxylic acids is 1. The lowest BCUT2D eigenvalue weighted by Gasteiger charge is -2.31. The first kappa shape index (κ1) is 12.7. The van der Waals surface area contributed by atoms with Crippen LogP contribution in [0.3, 0.4) is 0 Å². The zero-order valence-electron chi connectivity index (χ0n) is 10.00. The van der Waals surface area contributed by atoms with E-state index in [-0.39, 0.29) is 0 Å². The number of carbonyl (C=O) groups is 1. The molecule has 1 heterocycles. The normalized spacial score (nSPS) is 22.9. The Hall–Kier alpha value is -0.410. The van der Waals surface area contributed by atoms with Gasteiger partial charge in [-0.25, -0.2) is 0 Å². The summed E-state index contributed by atoms with van der Waals surface area (Å²) >= 11 is 0. The fraction of sp³-hybridized carbons (Fsp3) is 0.917. The Labute approximate surface area is 92.8 Å². The highest BCUT2D eigenvalue weighted by Crippen LogP contribution is 2.16. The molecule has 0 amide bonds. The van der Waals surface area contributed by atoms with Crippen molar-refractivity contribution in [1.82, 2.24) is 4.90 Å². The van der Waals surface area contributed by atoms with E-state index < -0.39 is 0 Å². The molecule has 0 bridgehead atoms. The number of Topliss-reactive ketones (excluding diaryl/α,β-unsaturated/α-hetero) is 1. The molecular weight excluding hydrogens is 190 g/mol. The van der Waals surface area contributed by atoms with Crippen LogP contribution in [0.4, 0.5) is 0 Å². The molecule has 1 fully saturated rings. The lowest BCUT2D eigenvalue weighted by Crippen LogP contribution is -2.40. The van der Waals surface area contributed by atoms with Crippen molar-refractivity contribution in [2.75, 3.05) is 33.4 Å². The highest BCUT2D eigenvalue weighted by Gasteiger charge is 2.20. The van der Waals surface area contributed by atoms with E-state index in [9.17, 15) is 4.79 Å². The van der Waals surface area contributed by atoms with Crippen LogP contribution < -0.4 is 0 Å². The number of likely N-dealkylation sites (tertiary alicyclic amines) is 1. The van der Waals surface area contributed by atoms with Gasteiger partial charge < -0.3 is 4.74 Å². The summed E-state index contributed by atoms with van der Waals surface area (Å²) in [7, 11) is 1.75. The number of hydrogen-bond donors (Lipinski definition) is 0. The van der Waals surface area contributed by atoms with Crippen LogP contribution in [0.5, 0.6) is 0 Å². The van der Waals surface area contributed by atoms with Crippen LogP contribution in [0.25, 0.3) is 0 Å². The van der Waals surface area contributed by atoms with Gasteiger partial charge in [-0.1, -0.05) is 6.92 Å². The Morgan fingerprint density at radius 2 is 2.33 bits per heavy atom. The van der Waals surface area contributed by atoms with Crippen LogP contribution in [-0.4, -0.2) is 44.0 Å². The molecule has 0 radical (unpaired) electrons. The highest BCUT2D eigenvalue weighted by atomic mass is 16.5. The first-order chi connectivity index (χ1) is 7.26. The van der Waals surface area contributed by atoms with Gasteiger partial charge in [-0.05, 0) is 31.7 Å². The van der Waals surface area contributed by atoms with Gasteiger partial charge in [0.1, 0.15) is 5.78 Å². The smallest absolute Gasteiger partial charge is 0.146 e. The van der Waals surface area contributed by atoms with Crippen LogP contribution in [0.1, 0.15) is 32.6 Å². The Morgan fingerprint density at radius 1 is 1.53 bits per heavy atom. The van der Waals surface area contributed by atoms with Crippen molar-refractivity contribution >= 4 is 5.78 Å². The molecule has 0 aromatic rings. The molecule has 0 spiro atoms. The maximum absolute atomic E-state index is 11.5. The van der Waals surface area contributed by atoms with Gasteiger partial charge in [0.2, 0.25) is 0 Å². The van der Waals surface area contributed by atoms with E-state index in [1.807, 2.05) is 0 Å². The van der Waals surface area contributed by atoms with Crippen molar-refractivity contribution in [1.29, 1.82) is 0 Å². The van der Waals surface area contributed by atoms with Crippen LogP contribution >= 0.6 is 0 Å². The molecule has 0 saturated carbocycles. The summed E-state index contributed by atoms with van der Waals surface area (Å²) in [5.41, 5.74) is 0. The molecule has 1 atom stereocenters. The van der Waals surface area contributed by atoms with Gasteiger partial charge in [0.05, 0.1) is 13.2 Å². The molecule has 88 valence electrons. The van der Waals surface area contributed by atoms with Gasteiger partial charge in [0.15, 0.2) is 0 Å². The lowest BCUT2D eigenvalue weighted by molar-refractivity contribution is -0.120. The number of piperidine rings is 1. The monoisotopic (exact) mass is 213 g/mol. The van der Waals surface area contributed by atoms with Crippen molar-refractivity contribution in [3.05, 3.63) is 0 Å². The molecule has 3 heteroatoms. The Kier molecular flexibility index (Phi) is 5.88. The van der Waals surface area contributed by atoms with Crippen LogP contribution in [0, 0.1) is 5.92 Å². The van der Waals surface area contributed by atoms with Crippen molar-refractivity contribution in [3.63, 3.8) is 0 Å². The third-order valence-electron chi connectivity index (χ3n) is 2.93. The molecule has 1 unspecified atom stereocenters. The summed E-state index contributed by atoms with van der Waals surface area (Å²) in [6, 6.07) is 0. The van der Waals surface area contributed by atoms with Crippen molar-refractivity contribution in [3.8, 4) is 0 Å². The van der Waals surface area contributed by atoms with E-state index in [4.69, 9.17) is 4.74 Å². The SMILES string of the molecule is CCCC(=O)CN1CCCC(COC)C1. The predicted molar refractivity (Wildman–Crippen MR) is 61.0 cm³/mol. The molecule has 1 aliphatic rings. The van der Waals surface area contributed by atoms with E-state index in [2.05, 4.69) is 11.8 Å². The van der Waals surface area contributed by atoms with Gasteiger partial charge in [-0.3, -0.25) is 9.69 Å². The average Bonchev–Trinajstić information content (AvgIpc) is 2.19. The minimum Gasteiger partial charge on any atom is -0.384 e. The van der Waals surface area contributed by atoms with E-state index in [1.165, 1.54) is 12.8 Å². The van der Waals surface area contributed by atoms with Gasteiger partial charge >= 0.3 is 0 Å². The van der Waals surface area contributed by atoms with Crippen LogP contribution in [0.15, 0.2) is 0 Å². The molecule has 1 rings (SSSR count). The second-order valence-electron chi connectivity index (χ2n) is 4.49. The summed E-state index contributed by atoms with van der Waals surface area (Å²) in [6.07, 6.45) is 4.14. The van der Waals surface area contributed by atoms with E-state index in [0.717, 1.165) is 32.5 Å². The van der Waals surface area contributed by atoms with Gasteiger partial charge in [-0.15, -0.1) is 0 Å². The summed E-state index contributed by atoms with van der Waals surface area (Å²) in [6.45, 7) is 5.65. The molecule has 0 aromatic heterocycles. The third kappa shape index (κ3) is 4.76. The second kappa shape index (κ2) is 6.96. The molecular formula is C12H23NO2. The number of nitrogens with zero attached hydrogens (tertiary/aromatic N) is 1. The van der Waals surface area contributed by atoms with Gasteiger partial charge in [-0.2, -0.15) is 0 Å². The molecule has 1 saturated heterocycles. The third-order valence-corrected chi connectivity index (χ3v) is 2.93. The first-order valence-corrected chi connectivity index (χ1v) is 5.99. The van der Waals surface area contributed by atoms with Crippen molar-refractivity contribution in [2.24, 2.45) is 5.92 Å². The lowest BCUT2D eigenvalue weighted by atomic mass is 9.98. The maximum atomic E-state index is 11.5. The summed E-state index contributed by atoms with van der Waals surface area (Å²) in [4.78, 5) is 13.8. The number of ketones is 1. The zero-order valence-corrected chi connectivity index (χ0v) is 10.00. The Balaban J connectivity index is 2.26. The van der Waals surface area contributed by atoms with Crippen molar-refractivity contribution < 1.29 is 9.53 Å². The summed E-state index contributed by atoms with van der Waals surface area (Å²) < 4.78 is 5.17. The fourth-order valence-corrected chi connectivity index (χ4v) is 2.27. The average molecular weight is 213 g/mol. The largest absolute Gasteiger partial charge is 0.384 e. The Morgan fingerprint density at radius 3 is 3.00 bits per heavy atom. The highest BCUT2D eigenvalue weighted by molar-refractivity contribution is 5.80. The van der Waals surface area contributed by atoms with Crippen LogP contribution in [-0.2, 0) is 9.53 Å². The number of ether oxygens (including phenoxy) is 1. The molecule has 0 aliphatic carbocycles. The summed E-state index contributed by atoms with van der Waals surface area (Å²) in [5, 5.41) is 0. The topological polar surface area (TPSA) is 29.5 Å². The van der Waals surface area contributed by atoms with Crippen LogP contribution in [0.2, 0.25) is 0 Å². The molecule has 3 nitrogen and oxygen atoms in total. The molecule has 0 aromatic carbocycles. The standard InChI is InChI=1S/C12H23NO2/c1-3-5-12(14)9-13-7-4-6-11(8-13)10-15-2/h11H,3-10H2,1-2H3. The minimum atomic E-state index is 0.385. The number of rotatable bonds is 6. The number of hydrogen-bond acceptors (Lipinski definition) is 3. The molecule has 15 heavy (non-hydrogen) atoms. The maximum Gasteiger partial charge on any atom is 0.146 e. The predicted octanol–water partition coefficient (Wildman–Crippen LogP) is 1.71. The summed E-state index contributed by atoms with van der Waals surface area (Å²) in [5.74, 6) is 1.01. The minimum absolute atomic E-state index is 0.385. The van der Waals surface area contributed by atoms with Gasteiger partial charge in [0.25, 0.3) is 0 Å². The van der Waals surface area contributed by atoms with Crippen molar-refractivity contribution in [2.45, 2.75) is 32.6 Å². The van der Waals surface area contributed by atoms with E-state index in [1.54, 1.807) is 7.11 Å². The Bertz CT molecular complexity index is 192. The van der Waals surface area contributed by atoms with E-state index >= 15 is 0 Å². The number of methoxy groups -OCH3 is 1. The second-order valence-corrected chi connectivity index (χ2v) is 4.49. The quantitative estimate of drug-likeness (QED) is 0.673. The fourth-order valence-electron chi connectivity index (χ4n) is 2.27. The molecule has 0 N–H and O–H groups in total. The first-order valence-electron chi connectivity index (χ1n) is 5.99. The van der Waals surface area contributed by atoms with E-state index in [0.29, 0.717) is 18.2 Å². The van der Waals surface area contributed by atoms with Gasteiger partial charge in [0, 0.05) is 20.1 Å². The zero-order chi connectivity index (χ0) is 11.1.